The van der Waals surface area contributed by atoms with Gasteiger partial charge in [-0.15, -0.1) is 0 Å². The average molecular weight is 476 g/mol. The van der Waals surface area contributed by atoms with Gasteiger partial charge in [0.15, 0.2) is 11.5 Å². The Kier molecular flexibility index (Phi) is 6.11. The first-order valence-electron chi connectivity index (χ1n) is 8.40. The molecule has 1 fully saturated rings. The first-order valence-corrected chi connectivity index (χ1v) is 9.20. The highest BCUT2D eigenvalue weighted by molar-refractivity contribution is 9.10. The summed E-state index contributed by atoms with van der Waals surface area (Å²) < 4.78 is 11.6. The molecule has 0 spiro atoms. The molecule has 0 bridgehead atoms. The van der Waals surface area contributed by atoms with E-state index < -0.39 is 22.8 Å². The third kappa shape index (κ3) is 4.63. The molecule has 0 aliphatic carbocycles. The molecule has 4 amide bonds. The molecule has 1 aliphatic rings. The number of benzene rings is 2. The second-order valence-corrected chi connectivity index (χ2v) is 6.90. The van der Waals surface area contributed by atoms with Crippen LogP contribution in [0.4, 0.5) is 10.5 Å². The summed E-state index contributed by atoms with van der Waals surface area (Å²) in [7, 11) is 1.41. The van der Waals surface area contributed by atoms with Crippen LogP contribution in [0.3, 0.4) is 0 Å². The topological polar surface area (TPSA) is 137 Å². The van der Waals surface area contributed by atoms with Gasteiger partial charge in [0.2, 0.25) is 0 Å². The number of urea groups is 1. The van der Waals surface area contributed by atoms with E-state index in [1.807, 2.05) is 10.6 Å². The third-order valence-corrected chi connectivity index (χ3v) is 4.60. The van der Waals surface area contributed by atoms with E-state index in [1.54, 1.807) is 18.2 Å². The summed E-state index contributed by atoms with van der Waals surface area (Å²) in [6, 6.07) is 8.28. The minimum absolute atomic E-state index is 0.0456. The van der Waals surface area contributed by atoms with Gasteiger partial charge in [-0.25, -0.2) is 4.79 Å². The summed E-state index contributed by atoms with van der Waals surface area (Å²) in [6.07, 6.45) is 1.30. The van der Waals surface area contributed by atoms with Crippen LogP contribution < -0.4 is 20.1 Å². The Morgan fingerprint density at radius 1 is 1.13 bits per heavy atom. The Bertz CT molecular complexity index is 1080. The molecular formula is C19H14BrN3O7. The number of nitrogens with zero attached hydrogens (tertiary/aromatic N) is 1. The van der Waals surface area contributed by atoms with Crippen LogP contribution in [-0.2, 0) is 16.2 Å². The summed E-state index contributed by atoms with van der Waals surface area (Å²) in [5.41, 5.74) is 0.737. The van der Waals surface area contributed by atoms with Gasteiger partial charge in [-0.05, 0) is 45.3 Å². The van der Waals surface area contributed by atoms with Crippen molar-refractivity contribution >= 4 is 45.5 Å². The lowest BCUT2D eigenvalue weighted by molar-refractivity contribution is -0.384. The lowest BCUT2D eigenvalue weighted by Crippen LogP contribution is -2.51. The molecule has 0 aromatic heterocycles. The number of non-ortho nitro benzene ring substituents is 1. The summed E-state index contributed by atoms with van der Waals surface area (Å²) in [4.78, 5) is 45.3. The summed E-state index contributed by atoms with van der Waals surface area (Å²) in [5.74, 6) is -0.997. The van der Waals surface area contributed by atoms with E-state index in [-0.39, 0.29) is 17.9 Å². The summed E-state index contributed by atoms with van der Waals surface area (Å²) in [5, 5.41) is 14.9. The molecule has 10 nitrogen and oxygen atoms in total. The quantitative estimate of drug-likeness (QED) is 0.283. The van der Waals surface area contributed by atoms with Crippen LogP contribution in [0.1, 0.15) is 11.1 Å². The number of ether oxygens (including phenoxy) is 2. The number of halogens is 1. The van der Waals surface area contributed by atoms with E-state index in [0.717, 1.165) is 0 Å². The highest BCUT2D eigenvalue weighted by Gasteiger charge is 2.28. The van der Waals surface area contributed by atoms with E-state index >= 15 is 0 Å². The highest BCUT2D eigenvalue weighted by Crippen LogP contribution is 2.38. The molecule has 0 unspecified atom stereocenters. The van der Waals surface area contributed by atoms with E-state index in [1.165, 1.54) is 31.4 Å². The van der Waals surface area contributed by atoms with Crippen LogP contribution >= 0.6 is 15.9 Å². The van der Waals surface area contributed by atoms with Crippen molar-refractivity contribution in [3.63, 3.8) is 0 Å². The maximum Gasteiger partial charge on any atom is 0.328 e. The smallest absolute Gasteiger partial charge is 0.328 e. The second kappa shape index (κ2) is 8.74. The van der Waals surface area contributed by atoms with Crippen molar-refractivity contribution < 1.29 is 28.8 Å². The molecule has 2 aromatic rings. The highest BCUT2D eigenvalue weighted by atomic mass is 79.9. The minimum Gasteiger partial charge on any atom is -0.493 e. The number of methoxy groups -OCH3 is 1. The molecule has 1 heterocycles. The molecule has 3 rings (SSSR count). The van der Waals surface area contributed by atoms with Crippen molar-refractivity contribution in [3.8, 4) is 11.5 Å². The van der Waals surface area contributed by atoms with Gasteiger partial charge in [-0.1, -0.05) is 12.1 Å². The molecule has 2 aromatic carbocycles. The van der Waals surface area contributed by atoms with Crippen molar-refractivity contribution in [2.75, 3.05) is 7.11 Å². The van der Waals surface area contributed by atoms with E-state index in [0.29, 0.717) is 27.1 Å². The number of imide groups is 2. The molecule has 2 N–H and O–H groups in total. The molecule has 1 saturated heterocycles. The van der Waals surface area contributed by atoms with Crippen molar-refractivity contribution in [1.29, 1.82) is 0 Å². The largest absolute Gasteiger partial charge is 0.493 e. The molecule has 11 heteroatoms. The van der Waals surface area contributed by atoms with Gasteiger partial charge in [-0.3, -0.25) is 30.3 Å². The Morgan fingerprint density at radius 2 is 1.83 bits per heavy atom. The maximum absolute atomic E-state index is 11.9. The second-order valence-electron chi connectivity index (χ2n) is 6.05. The number of carbonyl (C=O) groups is 3. The number of hydrogen-bond acceptors (Lipinski definition) is 7. The average Bonchev–Trinajstić information content (AvgIpc) is 2.69. The molecular weight excluding hydrogens is 462 g/mol. The maximum atomic E-state index is 11.9. The van der Waals surface area contributed by atoms with E-state index in [2.05, 4.69) is 15.9 Å². The van der Waals surface area contributed by atoms with Crippen LogP contribution in [0, 0.1) is 10.1 Å². The number of rotatable bonds is 6. The van der Waals surface area contributed by atoms with Crippen LogP contribution in [0.25, 0.3) is 6.08 Å². The van der Waals surface area contributed by atoms with Gasteiger partial charge in [0.25, 0.3) is 17.5 Å². The standard InChI is InChI=1S/C19H14BrN3O7/c1-29-15-8-11(6-13-17(24)21-19(26)22-18(13)25)7-14(20)16(15)30-9-10-3-2-4-12(5-10)23(27)28/h2-8H,9H2,1H3,(H2,21,22,24,25,26). The van der Waals surface area contributed by atoms with Crippen LogP contribution in [0.15, 0.2) is 46.4 Å². The van der Waals surface area contributed by atoms with Gasteiger partial charge in [0.05, 0.1) is 16.5 Å². The number of carbonyl (C=O) groups excluding carboxylic acids is 3. The van der Waals surface area contributed by atoms with E-state index in [9.17, 15) is 24.5 Å². The number of nitro groups is 1. The summed E-state index contributed by atoms with van der Waals surface area (Å²) >= 11 is 3.36. The van der Waals surface area contributed by atoms with Gasteiger partial charge >= 0.3 is 6.03 Å². The molecule has 30 heavy (non-hydrogen) atoms. The molecule has 0 radical (unpaired) electrons. The predicted molar refractivity (Wildman–Crippen MR) is 108 cm³/mol. The van der Waals surface area contributed by atoms with Crippen LogP contribution in [0.5, 0.6) is 11.5 Å². The van der Waals surface area contributed by atoms with E-state index in [4.69, 9.17) is 9.47 Å². The number of nitro benzene ring substituents is 1. The fourth-order valence-corrected chi connectivity index (χ4v) is 3.23. The Labute approximate surface area is 178 Å². The van der Waals surface area contributed by atoms with Crippen LogP contribution in [0.2, 0.25) is 0 Å². The SMILES string of the molecule is COc1cc(C=C2C(=O)NC(=O)NC2=O)cc(Br)c1OCc1cccc([N+](=O)[O-])c1. The van der Waals surface area contributed by atoms with Gasteiger partial charge in [-0.2, -0.15) is 0 Å². The van der Waals surface area contributed by atoms with Crippen molar-refractivity contribution in [2.45, 2.75) is 6.61 Å². The number of amides is 4. The van der Waals surface area contributed by atoms with Crippen molar-refractivity contribution in [1.82, 2.24) is 10.6 Å². The van der Waals surface area contributed by atoms with Crippen LogP contribution in [-0.4, -0.2) is 29.9 Å². The first kappa shape index (κ1) is 21.0. The number of barbiturate groups is 1. The van der Waals surface area contributed by atoms with Gasteiger partial charge in [0, 0.05) is 12.1 Å². The lowest BCUT2D eigenvalue weighted by atomic mass is 10.1. The fourth-order valence-electron chi connectivity index (χ4n) is 2.65. The monoisotopic (exact) mass is 475 g/mol. The van der Waals surface area contributed by atoms with Gasteiger partial charge in [0.1, 0.15) is 12.2 Å². The predicted octanol–water partition coefficient (Wildman–Crippen LogP) is 2.69. The zero-order chi connectivity index (χ0) is 21.8. The fraction of sp³-hybridized carbons (Fsp3) is 0.105. The molecule has 0 atom stereocenters. The van der Waals surface area contributed by atoms with Gasteiger partial charge < -0.3 is 9.47 Å². The lowest BCUT2D eigenvalue weighted by Gasteiger charge is -2.16. The third-order valence-electron chi connectivity index (χ3n) is 4.01. The first-order chi connectivity index (χ1) is 14.3. The van der Waals surface area contributed by atoms with Crippen molar-refractivity contribution in [2.24, 2.45) is 0 Å². The summed E-state index contributed by atoms with van der Waals surface area (Å²) in [6.45, 7) is 0.0456. The Morgan fingerprint density at radius 3 is 2.47 bits per heavy atom. The number of nitrogens with one attached hydrogen (secondary N) is 2. The van der Waals surface area contributed by atoms with Crippen molar-refractivity contribution in [3.05, 3.63) is 67.7 Å². The molecule has 0 saturated carbocycles. The number of hydrogen-bond donors (Lipinski definition) is 2. The zero-order valence-corrected chi connectivity index (χ0v) is 17.0. The molecule has 1 aliphatic heterocycles. The zero-order valence-electron chi connectivity index (χ0n) is 15.4. The minimum atomic E-state index is -0.884. The molecule has 154 valence electrons. The Balaban J connectivity index is 1.86. The normalized spacial score (nSPS) is 13.4. The Hall–Kier alpha value is -3.73.